The van der Waals surface area contributed by atoms with Gasteiger partial charge >= 0.3 is 17.9 Å². The predicted molar refractivity (Wildman–Crippen MR) is 233 cm³/mol. The quantitative estimate of drug-likeness (QED) is 0.0208. The van der Waals surface area contributed by atoms with Gasteiger partial charge in [0.05, 0.1) is 0 Å². The average Bonchev–Trinajstić information content (AvgIpc) is 3.18. The number of hydrogen-bond acceptors (Lipinski definition) is 6. The van der Waals surface area contributed by atoms with Crippen molar-refractivity contribution in [3.63, 3.8) is 0 Å². The van der Waals surface area contributed by atoms with E-state index in [1.54, 1.807) is 0 Å². The monoisotopic (exact) mass is 761 g/mol. The maximum absolute atomic E-state index is 12.7. The maximum Gasteiger partial charge on any atom is 0.306 e. The van der Waals surface area contributed by atoms with Crippen LogP contribution in [-0.2, 0) is 28.6 Å². The maximum atomic E-state index is 12.7. The fourth-order valence-electron chi connectivity index (χ4n) is 5.23. The van der Waals surface area contributed by atoms with Crippen LogP contribution in [0, 0.1) is 0 Å². The third kappa shape index (κ3) is 41.1. The number of unbranched alkanes of at least 4 members (excludes halogenated alkanes) is 11. The lowest BCUT2D eigenvalue weighted by Crippen LogP contribution is -2.30. The van der Waals surface area contributed by atoms with Gasteiger partial charge < -0.3 is 14.2 Å². The summed E-state index contributed by atoms with van der Waals surface area (Å²) >= 11 is 0. The third-order valence-electron chi connectivity index (χ3n) is 8.38. The van der Waals surface area contributed by atoms with E-state index in [-0.39, 0.29) is 44.0 Å². The number of allylic oxidation sites excluding steroid dienone is 18. The van der Waals surface area contributed by atoms with Crippen molar-refractivity contribution in [2.75, 3.05) is 13.2 Å². The summed E-state index contributed by atoms with van der Waals surface area (Å²) in [4.78, 5) is 37.6. The third-order valence-corrected chi connectivity index (χ3v) is 8.38. The van der Waals surface area contributed by atoms with E-state index in [9.17, 15) is 14.4 Å². The zero-order valence-corrected chi connectivity index (χ0v) is 34.9. The van der Waals surface area contributed by atoms with Crippen molar-refractivity contribution in [3.8, 4) is 0 Å². The number of esters is 3. The molecule has 0 aromatic heterocycles. The van der Waals surface area contributed by atoms with Gasteiger partial charge in [0.2, 0.25) is 0 Å². The Morgan fingerprint density at radius 2 is 0.764 bits per heavy atom. The van der Waals surface area contributed by atoms with Crippen molar-refractivity contribution in [1.29, 1.82) is 0 Å². The summed E-state index contributed by atoms with van der Waals surface area (Å²) in [6.07, 6.45) is 56.5. The summed E-state index contributed by atoms with van der Waals surface area (Å²) in [5.74, 6) is -1.03. The van der Waals surface area contributed by atoms with E-state index in [0.29, 0.717) is 12.8 Å². The summed E-state index contributed by atoms with van der Waals surface area (Å²) < 4.78 is 16.6. The van der Waals surface area contributed by atoms with Gasteiger partial charge in [-0.2, -0.15) is 0 Å². The highest BCUT2D eigenvalue weighted by molar-refractivity contribution is 5.71. The summed E-state index contributed by atoms with van der Waals surface area (Å²) in [7, 11) is 0. The van der Waals surface area contributed by atoms with Crippen LogP contribution in [0.5, 0.6) is 0 Å². The molecule has 0 aliphatic heterocycles. The lowest BCUT2D eigenvalue weighted by molar-refractivity contribution is -0.167. The molecule has 6 heteroatoms. The second kappa shape index (κ2) is 42.8. The zero-order valence-electron chi connectivity index (χ0n) is 34.9. The number of hydrogen-bond donors (Lipinski definition) is 0. The fraction of sp³-hybridized carbons (Fsp3) is 0.571. The molecule has 308 valence electrons. The van der Waals surface area contributed by atoms with Crippen molar-refractivity contribution in [2.24, 2.45) is 0 Å². The van der Waals surface area contributed by atoms with Gasteiger partial charge in [-0.05, 0) is 83.5 Å². The molecule has 0 amide bonds. The minimum atomic E-state index is -0.817. The molecule has 0 radical (unpaired) electrons. The van der Waals surface area contributed by atoms with Gasteiger partial charge in [0, 0.05) is 19.3 Å². The Morgan fingerprint density at radius 1 is 0.382 bits per heavy atom. The number of carbonyl (C=O) groups excluding carboxylic acids is 3. The van der Waals surface area contributed by atoms with E-state index in [1.165, 1.54) is 0 Å². The van der Waals surface area contributed by atoms with Gasteiger partial charge in [-0.3, -0.25) is 14.4 Å². The smallest absolute Gasteiger partial charge is 0.306 e. The standard InChI is InChI=1S/C49H76O6/c1-4-7-10-13-16-19-22-24-27-30-33-36-39-42-48(51)54-45-46(44-53-47(50)41-38-35-32-29-26-21-18-15-12-9-6-3)55-49(52)43-40-37-34-31-28-25-23-20-17-14-11-8-5-2/h7-14,16-23,29,32,46H,4-6,15,24-28,30-31,33-45H2,1-3H3/b10-7-,11-8-,12-9-,16-13-,17-14-,21-18-,22-19-,23-20-,32-29-. The Morgan fingerprint density at radius 3 is 1.27 bits per heavy atom. The number of ether oxygens (including phenoxy) is 3. The molecule has 1 atom stereocenters. The van der Waals surface area contributed by atoms with Crippen molar-refractivity contribution in [2.45, 2.75) is 168 Å². The minimum Gasteiger partial charge on any atom is -0.462 e. The van der Waals surface area contributed by atoms with Crippen molar-refractivity contribution in [3.05, 3.63) is 109 Å². The number of rotatable bonds is 36. The van der Waals surface area contributed by atoms with Crippen LogP contribution < -0.4 is 0 Å². The van der Waals surface area contributed by atoms with Crippen LogP contribution in [0.4, 0.5) is 0 Å². The van der Waals surface area contributed by atoms with Gasteiger partial charge in [-0.15, -0.1) is 0 Å². The molecule has 0 aliphatic rings. The predicted octanol–water partition coefficient (Wildman–Crippen LogP) is 13.6. The highest BCUT2D eigenvalue weighted by Crippen LogP contribution is 2.12. The Balaban J connectivity index is 4.54. The topological polar surface area (TPSA) is 78.9 Å². The molecule has 0 fully saturated rings. The van der Waals surface area contributed by atoms with E-state index < -0.39 is 6.10 Å². The van der Waals surface area contributed by atoms with Crippen LogP contribution in [-0.4, -0.2) is 37.2 Å². The Hall–Kier alpha value is -3.93. The van der Waals surface area contributed by atoms with E-state index in [4.69, 9.17) is 14.2 Å². The molecule has 0 aromatic carbocycles. The molecule has 0 rings (SSSR count). The van der Waals surface area contributed by atoms with Crippen molar-refractivity contribution in [1.82, 2.24) is 0 Å². The fourth-order valence-corrected chi connectivity index (χ4v) is 5.23. The van der Waals surface area contributed by atoms with Crippen LogP contribution in [0.3, 0.4) is 0 Å². The van der Waals surface area contributed by atoms with E-state index >= 15 is 0 Å². The summed E-state index contributed by atoms with van der Waals surface area (Å²) in [5, 5.41) is 0. The van der Waals surface area contributed by atoms with E-state index in [1.807, 2.05) is 12.2 Å². The molecule has 0 heterocycles. The van der Waals surface area contributed by atoms with Crippen molar-refractivity contribution < 1.29 is 28.6 Å². The molecule has 1 unspecified atom stereocenters. The molecule has 55 heavy (non-hydrogen) atoms. The average molecular weight is 761 g/mol. The second-order valence-electron chi connectivity index (χ2n) is 13.6. The van der Waals surface area contributed by atoms with Crippen LogP contribution in [0.15, 0.2) is 109 Å². The van der Waals surface area contributed by atoms with Crippen LogP contribution in [0.2, 0.25) is 0 Å². The van der Waals surface area contributed by atoms with Crippen molar-refractivity contribution >= 4 is 17.9 Å². The molecular formula is C49H76O6. The van der Waals surface area contributed by atoms with E-state index in [2.05, 4.69) is 118 Å². The lowest BCUT2D eigenvalue weighted by atomic mass is 10.1. The highest BCUT2D eigenvalue weighted by atomic mass is 16.6. The molecule has 0 saturated heterocycles. The van der Waals surface area contributed by atoms with Gasteiger partial charge in [-0.1, -0.05) is 169 Å². The van der Waals surface area contributed by atoms with Crippen LogP contribution in [0.25, 0.3) is 0 Å². The molecule has 0 aromatic rings. The van der Waals surface area contributed by atoms with E-state index in [0.717, 1.165) is 116 Å². The normalized spacial score (nSPS) is 13.1. The first-order valence-electron chi connectivity index (χ1n) is 21.5. The molecule has 0 spiro atoms. The molecule has 6 nitrogen and oxygen atoms in total. The Labute approximate surface area is 336 Å². The Kier molecular flexibility index (Phi) is 39.7. The zero-order chi connectivity index (χ0) is 40.1. The Bertz CT molecular complexity index is 1200. The molecule has 0 saturated carbocycles. The molecule has 0 aliphatic carbocycles. The van der Waals surface area contributed by atoms with Gasteiger partial charge in [-0.25, -0.2) is 0 Å². The second-order valence-corrected chi connectivity index (χ2v) is 13.6. The molecule has 0 bridgehead atoms. The highest BCUT2D eigenvalue weighted by Gasteiger charge is 2.19. The number of carbonyl (C=O) groups is 3. The first-order chi connectivity index (χ1) is 27.0. The SMILES string of the molecule is CC\C=C/C=C\C=C/CCCCCCCC(=O)OCC(COC(=O)CCC/C=C\C/C=C\C/C=C\CC)OC(=O)CCCCCCC\C=C/C=C\C=C/CC. The van der Waals surface area contributed by atoms with Gasteiger partial charge in [0.1, 0.15) is 13.2 Å². The summed E-state index contributed by atoms with van der Waals surface area (Å²) in [5.41, 5.74) is 0. The first-order valence-corrected chi connectivity index (χ1v) is 21.5. The van der Waals surface area contributed by atoms with Gasteiger partial charge in [0.25, 0.3) is 0 Å². The first kappa shape index (κ1) is 51.1. The molecular weight excluding hydrogens is 685 g/mol. The largest absolute Gasteiger partial charge is 0.462 e. The summed E-state index contributed by atoms with van der Waals surface area (Å²) in [6, 6.07) is 0. The van der Waals surface area contributed by atoms with Crippen LogP contribution in [0.1, 0.15) is 162 Å². The van der Waals surface area contributed by atoms with Crippen LogP contribution >= 0.6 is 0 Å². The van der Waals surface area contributed by atoms with Gasteiger partial charge in [0.15, 0.2) is 6.10 Å². The lowest BCUT2D eigenvalue weighted by Gasteiger charge is -2.18. The minimum absolute atomic E-state index is 0.116. The molecule has 0 N–H and O–H groups in total. The summed E-state index contributed by atoms with van der Waals surface area (Å²) in [6.45, 7) is 6.13.